The molecule has 0 fully saturated rings. The molecule has 26 heavy (non-hydrogen) atoms. The van der Waals surface area contributed by atoms with Gasteiger partial charge in [0.25, 0.3) is 0 Å². The maximum Gasteiger partial charge on any atom is 0.179 e. The first-order valence-corrected chi connectivity index (χ1v) is 7.88. The second kappa shape index (κ2) is 7.44. The van der Waals surface area contributed by atoms with Gasteiger partial charge < -0.3 is 15.4 Å². The molecule has 0 spiro atoms. The van der Waals surface area contributed by atoms with Crippen LogP contribution in [0.5, 0.6) is 5.75 Å². The number of fused-ring (bicyclic) bond motifs is 1. The lowest BCUT2D eigenvalue weighted by atomic mass is 10.2. The zero-order chi connectivity index (χ0) is 18.7. The van der Waals surface area contributed by atoms with Crippen molar-refractivity contribution in [2.45, 2.75) is 13.0 Å². The topological polar surface area (TPSA) is 80.5 Å². The lowest BCUT2D eigenvalue weighted by Crippen LogP contribution is -2.26. The summed E-state index contributed by atoms with van der Waals surface area (Å²) in [6.07, 6.45) is 3.26. The molecule has 0 radical (unpaired) electrons. The largest absolute Gasteiger partial charge is 0.484 e. The Bertz CT molecular complexity index is 944. The third kappa shape index (κ3) is 3.62. The van der Waals surface area contributed by atoms with E-state index in [0.29, 0.717) is 24.0 Å². The smallest absolute Gasteiger partial charge is 0.179 e. The van der Waals surface area contributed by atoms with Crippen molar-refractivity contribution >= 4 is 23.4 Å². The zero-order valence-corrected chi connectivity index (χ0v) is 14.2. The molecule has 1 aromatic carbocycles. The highest BCUT2D eigenvalue weighted by Crippen LogP contribution is 2.32. The van der Waals surface area contributed by atoms with Crippen LogP contribution in [-0.2, 0) is 0 Å². The van der Waals surface area contributed by atoms with Gasteiger partial charge in [-0.2, -0.15) is 5.10 Å². The van der Waals surface area contributed by atoms with E-state index in [4.69, 9.17) is 4.74 Å². The van der Waals surface area contributed by atoms with Crippen LogP contribution in [0.1, 0.15) is 17.3 Å². The van der Waals surface area contributed by atoms with E-state index in [1.54, 1.807) is 26.2 Å². The van der Waals surface area contributed by atoms with Crippen LogP contribution in [0.2, 0.25) is 0 Å². The molecule has 3 rings (SSSR count). The number of anilines is 2. The zero-order valence-electron chi connectivity index (χ0n) is 14.2. The van der Waals surface area contributed by atoms with Crippen LogP contribution in [0, 0.1) is 11.6 Å². The van der Waals surface area contributed by atoms with Crippen molar-refractivity contribution in [3.8, 4) is 5.75 Å². The molecule has 0 saturated carbocycles. The van der Waals surface area contributed by atoms with Crippen molar-refractivity contribution in [3.63, 3.8) is 0 Å². The minimum Gasteiger partial charge on any atom is -0.484 e. The number of hydrogen-bond acceptors (Lipinski definition) is 6. The van der Waals surface area contributed by atoms with Gasteiger partial charge in [0, 0.05) is 24.9 Å². The summed E-state index contributed by atoms with van der Waals surface area (Å²) in [5.41, 5.74) is 0.723. The second-order valence-electron chi connectivity index (χ2n) is 5.67. The van der Waals surface area contributed by atoms with E-state index in [1.165, 1.54) is 10.7 Å². The van der Waals surface area contributed by atoms with Crippen molar-refractivity contribution in [2.75, 3.05) is 18.9 Å². The van der Waals surface area contributed by atoms with Gasteiger partial charge in [-0.15, -0.1) is 0 Å². The molecule has 0 aliphatic rings. The Kier molecular flexibility index (Phi) is 5.08. The quantitative estimate of drug-likeness (QED) is 0.630. The number of aromatic nitrogens is 3. The number of ether oxygens (including phenoxy) is 1. The van der Waals surface area contributed by atoms with Crippen LogP contribution in [0.3, 0.4) is 0 Å². The van der Waals surface area contributed by atoms with Crippen LogP contribution < -0.4 is 15.4 Å². The molecule has 7 nitrogen and oxygen atoms in total. The van der Waals surface area contributed by atoms with Crippen molar-refractivity contribution in [2.24, 2.45) is 0 Å². The van der Waals surface area contributed by atoms with Crippen molar-refractivity contribution in [3.05, 3.63) is 47.8 Å². The Hall–Kier alpha value is -3.07. The minimum absolute atomic E-state index is 0.0921. The fourth-order valence-corrected chi connectivity index (χ4v) is 2.48. The summed E-state index contributed by atoms with van der Waals surface area (Å²) in [5.74, 6) is -1.40. The SMILES string of the molecule is CNCC(C)Oc1c(F)cc(F)cc1Nc1ccn2ncc(C=O)c2n1. The predicted octanol–water partition coefficient (Wildman–Crippen LogP) is 2.55. The van der Waals surface area contributed by atoms with Crippen LogP contribution >= 0.6 is 0 Å². The van der Waals surface area contributed by atoms with Crippen LogP contribution in [-0.4, -0.2) is 40.6 Å². The molecular weight excluding hydrogens is 344 g/mol. The number of nitrogens with zero attached hydrogens (tertiary/aromatic N) is 3. The first-order chi connectivity index (χ1) is 12.5. The first-order valence-electron chi connectivity index (χ1n) is 7.88. The summed E-state index contributed by atoms with van der Waals surface area (Å²) in [7, 11) is 1.75. The fourth-order valence-electron chi connectivity index (χ4n) is 2.48. The van der Waals surface area contributed by atoms with E-state index in [9.17, 15) is 13.6 Å². The number of halogens is 2. The van der Waals surface area contributed by atoms with E-state index in [1.807, 2.05) is 0 Å². The molecule has 0 aliphatic heterocycles. The van der Waals surface area contributed by atoms with E-state index in [-0.39, 0.29) is 23.4 Å². The lowest BCUT2D eigenvalue weighted by molar-refractivity contribution is 0.112. The summed E-state index contributed by atoms with van der Waals surface area (Å²) < 4.78 is 34.9. The van der Waals surface area contributed by atoms with Gasteiger partial charge in [0.15, 0.2) is 23.5 Å². The maximum atomic E-state index is 14.2. The van der Waals surface area contributed by atoms with Crippen molar-refractivity contribution in [1.82, 2.24) is 19.9 Å². The minimum atomic E-state index is -0.825. The molecule has 0 aliphatic carbocycles. The highest BCUT2D eigenvalue weighted by Gasteiger charge is 2.17. The molecule has 1 atom stereocenters. The molecule has 0 amide bonds. The van der Waals surface area contributed by atoms with Crippen LogP contribution in [0.15, 0.2) is 30.6 Å². The summed E-state index contributed by atoms with van der Waals surface area (Å²) in [6, 6.07) is 3.44. The number of carbonyl (C=O) groups is 1. The molecule has 9 heteroatoms. The molecule has 136 valence electrons. The highest BCUT2D eigenvalue weighted by molar-refractivity contribution is 5.84. The monoisotopic (exact) mass is 361 g/mol. The average Bonchev–Trinajstić information content (AvgIpc) is 3.00. The van der Waals surface area contributed by atoms with E-state index < -0.39 is 11.6 Å². The highest BCUT2D eigenvalue weighted by atomic mass is 19.1. The molecule has 2 N–H and O–H groups in total. The normalized spacial score (nSPS) is 12.2. The van der Waals surface area contributed by atoms with E-state index in [2.05, 4.69) is 20.7 Å². The van der Waals surface area contributed by atoms with Crippen molar-refractivity contribution < 1.29 is 18.3 Å². The molecule has 2 aromatic heterocycles. The standard InChI is InChI=1S/C17H17F2N5O2/c1-10(7-20-2)26-16-13(19)5-12(18)6-14(16)22-15-3-4-24-17(23-15)11(9-25)8-21-24/h3-6,8-10,20H,7H2,1-2H3,(H,22,23). The van der Waals surface area contributed by atoms with Gasteiger partial charge >= 0.3 is 0 Å². The van der Waals surface area contributed by atoms with Gasteiger partial charge in [-0.3, -0.25) is 4.79 Å². The molecule has 1 unspecified atom stereocenters. The Morgan fingerprint density at radius 1 is 1.38 bits per heavy atom. The third-order valence-electron chi connectivity index (χ3n) is 3.61. The van der Waals surface area contributed by atoms with Gasteiger partial charge in [0.05, 0.1) is 17.4 Å². The number of rotatable bonds is 7. The Morgan fingerprint density at radius 3 is 2.92 bits per heavy atom. The van der Waals surface area contributed by atoms with Crippen LogP contribution in [0.4, 0.5) is 20.3 Å². The molecule has 3 aromatic rings. The molecule has 2 heterocycles. The Balaban J connectivity index is 1.97. The maximum absolute atomic E-state index is 14.2. The first kappa shape index (κ1) is 17.7. The van der Waals surface area contributed by atoms with Crippen LogP contribution in [0.25, 0.3) is 5.65 Å². The summed E-state index contributed by atoms with van der Waals surface area (Å²) >= 11 is 0. The number of benzene rings is 1. The van der Waals surface area contributed by atoms with E-state index >= 15 is 0 Å². The number of hydrogen-bond donors (Lipinski definition) is 2. The molecule has 0 bridgehead atoms. The predicted molar refractivity (Wildman–Crippen MR) is 92.0 cm³/mol. The summed E-state index contributed by atoms with van der Waals surface area (Å²) in [4.78, 5) is 15.3. The Labute approximate surface area is 148 Å². The lowest BCUT2D eigenvalue weighted by Gasteiger charge is -2.18. The number of carbonyl (C=O) groups excluding carboxylic acids is 1. The second-order valence-corrected chi connectivity index (χ2v) is 5.67. The van der Waals surface area contributed by atoms with E-state index in [0.717, 1.165) is 12.1 Å². The van der Waals surface area contributed by atoms with Gasteiger partial charge in [0.1, 0.15) is 17.7 Å². The third-order valence-corrected chi connectivity index (χ3v) is 3.61. The summed E-state index contributed by atoms with van der Waals surface area (Å²) in [6.45, 7) is 2.25. The summed E-state index contributed by atoms with van der Waals surface area (Å²) in [5, 5.41) is 9.75. The number of aldehydes is 1. The fraction of sp³-hybridized carbons (Fsp3) is 0.235. The van der Waals surface area contributed by atoms with Gasteiger partial charge in [-0.1, -0.05) is 0 Å². The number of likely N-dealkylation sites (N-methyl/N-ethyl adjacent to an activating group) is 1. The van der Waals surface area contributed by atoms with Gasteiger partial charge in [0.2, 0.25) is 0 Å². The average molecular weight is 361 g/mol. The number of nitrogens with one attached hydrogen (secondary N) is 2. The van der Waals surface area contributed by atoms with Gasteiger partial charge in [-0.05, 0) is 20.0 Å². The van der Waals surface area contributed by atoms with Crippen molar-refractivity contribution in [1.29, 1.82) is 0 Å². The molecular formula is C17H17F2N5O2. The Morgan fingerprint density at radius 2 is 2.19 bits per heavy atom. The van der Waals surface area contributed by atoms with Gasteiger partial charge in [-0.25, -0.2) is 18.3 Å². The molecule has 0 saturated heterocycles.